The molecule has 0 aromatic rings. The number of rotatable bonds is 6. The molecule has 1 aliphatic rings. The van der Waals surface area contributed by atoms with E-state index < -0.39 is 54.6 Å². The van der Waals surface area contributed by atoms with Gasteiger partial charge in [-0.2, -0.15) is 0 Å². The lowest BCUT2D eigenvalue weighted by Gasteiger charge is -2.43. The summed E-state index contributed by atoms with van der Waals surface area (Å²) >= 11 is 0. The monoisotopic (exact) mass is 376 g/mol. The largest absolute Gasteiger partial charge is 0.467 e. The van der Waals surface area contributed by atoms with Crippen molar-refractivity contribution in [2.45, 2.75) is 71.4 Å². The van der Waals surface area contributed by atoms with E-state index >= 15 is 0 Å². The van der Waals surface area contributed by atoms with Crippen LogP contribution in [-0.4, -0.2) is 67.8 Å². The molecule has 0 aromatic carbocycles. The summed E-state index contributed by atoms with van der Waals surface area (Å²) in [6.07, 6.45) is -7.05. The van der Waals surface area contributed by atoms with E-state index in [9.17, 15) is 19.2 Å². The second kappa shape index (κ2) is 9.48. The molecule has 1 fully saturated rings. The van der Waals surface area contributed by atoms with Crippen LogP contribution in [0.4, 0.5) is 0 Å². The Balaban J connectivity index is 3.35. The van der Waals surface area contributed by atoms with Gasteiger partial charge in [-0.3, -0.25) is 14.4 Å². The number of hydrogen-bond donors (Lipinski definition) is 0. The van der Waals surface area contributed by atoms with Crippen LogP contribution in [0.1, 0.15) is 34.6 Å². The zero-order valence-corrected chi connectivity index (χ0v) is 15.5. The van der Waals surface area contributed by atoms with E-state index in [0.717, 1.165) is 27.9 Å². The standard InChI is InChI=1S/C16H24O10/c1-7(2)22-16-14(25-10(5)19)12(24-9(4)18)11(23-8(3)17)13(26-16)15(20)21-6/h7,11-14,16H,1-6H3. The smallest absolute Gasteiger partial charge is 0.339 e. The molecule has 148 valence electrons. The Morgan fingerprint density at radius 2 is 1.27 bits per heavy atom. The van der Waals surface area contributed by atoms with Crippen molar-refractivity contribution in [2.24, 2.45) is 0 Å². The van der Waals surface area contributed by atoms with Crippen molar-refractivity contribution in [1.82, 2.24) is 0 Å². The first-order valence-corrected chi connectivity index (χ1v) is 7.97. The lowest BCUT2D eigenvalue weighted by Crippen LogP contribution is -2.64. The molecule has 0 N–H and O–H groups in total. The van der Waals surface area contributed by atoms with E-state index in [1.165, 1.54) is 0 Å². The summed E-state index contributed by atoms with van der Waals surface area (Å²) in [5.41, 5.74) is 0. The molecule has 0 aromatic heterocycles. The van der Waals surface area contributed by atoms with E-state index in [-0.39, 0.29) is 6.10 Å². The molecule has 0 radical (unpaired) electrons. The molecule has 5 atom stereocenters. The van der Waals surface area contributed by atoms with E-state index in [4.69, 9.17) is 23.7 Å². The Morgan fingerprint density at radius 3 is 1.69 bits per heavy atom. The zero-order chi connectivity index (χ0) is 20.0. The minimum atomic E-state index is -1.44. The van der Waals surface area contributed by atoms with Gasteiger partial charge in [0.2, 0.25) is 0 Å². The molecule has 1 rings (SSSR count). The normalized spacial score (nSPS) is 28.2. The van der Waals surface area contributed by atoms with Gasteiger partial charge in [-0.05, 0) is 13.8 Å². The molecule has 0 bridgehead atoms. The highest BCUT2D eigenvalue weighted by atomic mass is 16.7. The van der Waals surface area contributed by atoms with Gasteiger partial charge in [0.1, 0.15) is 0 Å². The predicted molar refractivity (Wildman–Crippen MR) is 83.6 cm³/mol. The third-order valence-corrected chi connectivity index (χ3v) is 3.24. The van der Waals surface area contributed by atoms with Crippen LogP contribution >= 0.6 is 0 Å². The minimum Gasteiger partial charge on any atom is -0.467 e. The number of hydrogen-bond acceptors (Lipinski definition) is 10. The summed E-state index contributed by atoms with van der Waals surface area (Å²) in [7, 11) is 1.12. The fraction of sp³-hybridized carbons (Fsp3) is 0.750. The van der Waals surface area contributed by atoms with Gasteiger partial charge in [-0.25, -0.2) is 4.79 Å². The Labute approximate surface area is 151 Å². The predicted octanol–water partition coefficient (Wildman–Crippen LogP) is 0.104. The highest BCUT2D eigenvalue weighted by Crippen LogP contribution is 2.30. The minimum absolute atomic E-state index is 0.375. The van der Waals surface area contributed by atoms with Crippen LogP contribution in [0.5, 0.6) is 0 Å². The summed E-state index contributed by atoms with van der Waals surface area (Å²) < 4.78 is 31.3. The maximum Gasteiger partial charge on any atom is 0.339 e. The van der Waals surface area contributed by atoms with Gasteiger partial charge in [-0.1, -0.05) is 0 Å². The van der Waals surface area contributed by atoms with Crippen molar-refractivity contribution in [3.8, 4) is 0 Å². The zero-order valence-electron chi connectivity index (χ0n) is 15.5. The average Bonchev–Trinajstić information content (AvgIpc) is 2.50. The molecule has 0 spiro atoms. The molecule has 10 heteroatoms. The van der Waals surface area contributed by atoms with Crippen LogP contribution in [0.15, 0.2) is 0 Å². The molecule has 10 nitrogen and oxygen atoms in total. The number of ether oxygens (including phenoxy) is 6. The molecule has 5 unspecified atom stereocenters. The van der Waals surface area contributed by atoms with Gasteiger partial charge in [0, 0.05) is 20.8 Å². The molecule has 1 heterocycles. The molecule has 1 aliphatic heterocycles. The number of carbonyl (C=O) groups excluding carboxylic acids is 4. The summed E-state index contributed by atoms with van der Waals surface area (Å²) in [5, 5.41) is 0. The van der Waals surface area contributed by atoms with Crippen LogP contribution < -0.4 is 0 Å². The molecule has 26 heavy (non-hydrogen) atoms. The molecular weight excluding hydrogens is 352 g/mol. The van der Waals surface area contributed by atoms with Gasteiger partial charge in [0.15, 0.2) is 30.7 Å². The Morgan fingerprint density at radius 1 is 0.808 bits per heavy atom. The summed E-state index contributed by atoms with van der Waals surface area (Å²) in [6, 6.07) is 0. The number of methoxy groups -OCH3 is 1. The van der Waals surface area contributed by atoms with Crippen molar-refractivity contribution in [1.29, 1.82) is 0 Å². The van der Waals surface area contributed by atoms with Crippen molar-refractivity contribution in [3.63, 3.8) is 0 Å². The van der Waals surface area contributed by atoms with Gasteiger partial charge < -0.3 is 28.4 Å². The highest BCUT2D eigenvalue weighted by molar-refractivity contribution is 5.77. The molecule has 1 saturated heterocycles. The quantitative estimate of drug-likeness (QED) is 0.466. The molecule has 0 aliphatic carbocycles. The summed E-state index contributed by atoms with van der Waals surface area (Å²) in [4.78, 5) is 46.6. The van der Waals surface area contributed by atoms with Crippen LogP contribution in [0, 0.1) is 0 Å². The Hall–Kier alpha value is -2.20. The topological polar surface area (TPSA) is 124 Å². The maximum absolute atomic E-state index is 12.1. The summed E-state index contributed by atoms with van der Waals surface area (Å²) in [5.74, 6) is -3.06. The van der Waals surface area contributed by atoms with E-state index in [1.54, 1.807) is 13.8 Å². The Bertz CT molecular complexity index is 543. The molecule has 0 saturated carbocycles. The van der Waals surface area contributed by atoms with Gasteiger partial charge in [0.25, 0.3) is 0 Å². The fourth-order valence-electron chi connectivity index (χ4n) is 2.46. The Kier molecular flexibility index (Phi) is 7.97. The van der Waals surface area contributed by atoms with Crippen LogP contribution in [0.25, 0.3) is 0 Å². The third-order valence-electron chi connectivity index (χ3n) is 3.24. The first-order valence-electron chi connectivity index (χ1n) is 7.97. The lowest BCUT2D eigenvalue weighted by molar-refractivity contribution is -0.308. The van der Waals surface area contributed by atoms with Gasteiger partial charge in [-0.15, -0.1) is 0 Å². The molecular formula is C16H24O10. The highest BCUT2D eigenvalue weighted by Gasteiger charge is 2.55. The number of carbonyl (C=O) groups is 4. The van der Waals surface area contributed by atoms with E-state index in [2.05, 4.69) is 4.74 Å². The van der Waals surface area contributed by atoms with Gasteiger partial charge in [0.05, 0.1) is 13.2 Å². The first-order chi connectivity index (χ1) is 12.1. The SMILES string of the molecule is COC(=O)C1OC(OC(C)C)C(OC(C)=O)C(OC(C)=O)C1OC(C)=O. The van der Waals surface area contributed by atoms with Crippen molar-refractivity contribution >= 4 is 23.9 Å². The summed E-state index contributed by atoms with van der Waals surface area (Å²) in [6.45, 7) is 6.76. The van der Waals surface area contributed by atoms with Gasteiger partial charge >= 0.3 is 23.9 Å². The van der Waals surface area contributed by atoms with Crippen LogP contribution in [0.2, 0.25) is 0 Å². The van der Waals surface area contributed by atoms with Crippen LogP contribution in [0.3, 0.4) is 0 Å². The fourth-order valence-corrected chi connectivity index (χ4v) is 2.46. The third kappa shape index (κ3) is 5.95. The average molecular weight is 376 g/mol. The first kappa shape index (κ1) is 21.8. The maximum atomic E-state index is 12.1. The number of esters is 4. The van der Waals surface area contributed by atoms with E-state index in [0.29, 0.717) is 0 Å². The van der Waals surface area contributed by atoms with Crippen molar-refractivity contribution in [3.05, 3.63) is 0 Å². The molecule has 0 amide bonds. The second-order valence-electron chi connectivity index (χ2n) is 5.86. The van der Waals surface area contributed by atoms with Crippen molar-refractivity contribution < 1.29 is 47.6 Å². The van der Waals surface area contributed by atoms with E-state index in [1.807, 2.05) is 0 Å². The lowest BCUT2D eigenvalue weighted by atomic mass is 9.97. The van der Waals surface area contributed by atoms with Crippen molar-refractivity contribution in [2.75, 3.05) is 7.11 Å². The second-order valence-corrected chi connectivity index (χ2v) is 5.86. The van der Waals surface area contributed by atoms with Crippen LogP contribution in [-0.2, 0) is 47.6 Å².